The fourth-order valence-electron chi connectivity index (χ4n) is 4.44. The molecule has 5 heteroatoms. The zero-order valence-corrected chi connectivity index (χ0v) is 16.2. The third-order valence-electron chi connectivity index (χ3n) is 5.86. The van der Waals surface area contributed by atoms with Crippen LogP contribution >= 0.6 is 0 Å². The number of nitrogens with zero attached hydrogens (tertiary/aromatic N) is 1. The van der Waals surface area contributed by atoms with Crippen molar-refractivity contribution in [2.75, 3.05) is 19.6 Å². The van der Waals surface area contributed by atoms with E-state index in [2.05, 4.69) is 10.2 Å². The Morgan fingerprint density at radius 2 is 1.62 bits per heavy atom. The molecule has 1 saturated heterocycles. The Morgan fingerprint density at radius 1 is 0.966 bits per heavy atom. The maximum absolute atomic E-state index is 13.4. The van der Waals surface area contributed by atoms with Crippen LogP contribution in [0.1, 0.15) is 41.7 Å². The molecule has 29 heavy (non-hydrogen) atoms. The van der Waals surface area contributed by atoms with Crippen LogP contribution in [0.4, 0.5) is 0 Å². The lowest BCUT2D eigenvalue weighted by atomic mass is 9.87. The van der Waals surface area contributed by atoms with E-state index in [1.165, 1.54) is 12.8 Å². The summed E-state index contributed by atoms with van der Waals surface area (Å²) in [7, 11) is 0. The van der Waals surface area contributed by atoms with Gasteiger partial charge in [0, 0.05) is 17.7 Å². The lowest BCUT2D eigenvalue weighted by Gasteiger charge is -2.29. The molecule has 0 aliphatic carbocycles. The minimum Gasteiger partial charge on any atom is -0.468 e. The summed E-state index contributed by atoms with van der Waals surface area (Å²) in [5.41, 5.74) is 1.80. The Kier molecular flexibility index (Phi) is 4.82. The summed E-state index contributed by atoms with van der Waals surface area (Å²) in [5.74, 6) is 2.00. The molecule has 3 heterocycles. The Labute approximate surface area is 170 Å². The number of nitrogens with one attached hydrogen (secondary N) is 1. The second-order valence-electron chi connectivity index (χ2n) is 7.63. The normalized spacial score (nSPS) is 17.2. The minimum atomic E-state index is -0.382. The monoisotopic (exact) mass is 388 g/mol. The second-order valence-corrected chi connectivity index (χ2v) is 7.63. The molecule has 0 saturated carbocycles. The minimum absolute atomic E-state index is 0.0102. The van der Waals surface area contributed by atoms with Gasteiger partial charge in [-0.25, -0.2) is 0 Å². The highest BCUT2D eigenvalue weighted by Crippen LogP contribution is 2.44. The lowest BCUT2D eigenvalue weighted by molar-refractivity contribution is -0.122. The van der Waals surface area contributed by atoms with E-state index >= 15 is 0 Å². The van der Waals surface area contributed by atoms with Crippen molar-refractivity contribution < 1.29 is 13.9 Å². The van der Waals surface area contributed by atoms with Crippen LogP contribution < -0.4 is 10.1 Å². The second kappa shape index (κ2) is 7.76. The Balaban J connectivity index is 1.41. The van der Waals surface area contributed by atoms with Crippen LogP contribution in [0.5, 0.6) is 11.5 Å². The zero-order valence-electron chi connectivity index (χ0n) is 16.2. The van der Waals surface area contributed by atoms with E-state index in [0.717, 1.165) is 41.5 Å². The van der Waals surface area contributed by atoms with Gasteiger partial charge in [-0.05, 0) is 50.2 Å². The van der Waals surface area contributed by atoms with Gasteiger partial charge < -0.3 is 14.5 Å². The molecule has 1 aromatic heterocycles. The van der Waals surface area contributed by atoms with Crippen LogP contribution in [-0.2, 0) is 4.79 Å². The molecule has 3 aromatic rings. The summed E-state index contributed by atoms with van der Waals surface area (Å²) in [4.78, 5) is 15.8. The number of para-hydroxylation sites is 2. The number of hydrogen-bond acceptors (Lipinski definition) is 4. The van der Waals surface area contributed by atoms with Gasteiger partial charge in [-0.15, -0.1) is 0 Å². The molecule has 2 aromatic carbocycles. The third-order valence-corrected chi connectivity index (χ3v) is 5.86. The fourth-order valence-corrected chi connectivity index (χ4v) is 4.44. The molecule has 1 atom stereocenters. The Bertz CT molecular complexity index is 947. The first-order valence-electron chi connectivity index (χ1n) is 10.2. The predicted molar refractivity (Wildman–Crippen MR) is 110 cm³/mol. The van der Waals surface area contributed by atoms with Crippen molar-refractivity contribution in [1.82, 2.24) is 10.2 Å². The smallest absolute Gasteiger partial charge is 0.232 e. The van der Waals surface area contributed by atoms with Crippen LogP contribution in [0.3, 0.4) is 0 Å². The number of carbonyl (C=O) groups is 1. The van der Waals surface area contributed by atoms with Gasteiger partial charge in [0.1, 0.15) is 17.3 Å². The quantitative estimate of drug-likeness (QED) is 0.701. The van der Waals surface area contributed by atoms with Gasteiger partial charge in [0.05, 0.1) is 18.2 Å². The topological polar surface area (TPSA) is 54.7 Å². The summed E-state index contributed by atoms with van der Waals surface area (Å²) in [6.07, 6.45) is 4.07. The van der Waals surface area contributed by atoms with E-state index in [-0.39, 0.29) is 17.9 Å². The van der Waals surface area contributed by atoms with E-state index in [9.17, 15) is 4.79 Å². The molecule has 5 nitrogen and oxygen atoms in total. The molecule has 0 unspecified atom stereocenters. The van der Waals surface area contributed by atoms with E-state index in [1.54, 1.807) is 6.26 Å². The van der Waals surface area contributed by atoms with Gasteiger partial charge in [0.2, 0.25) is 5.91 Å². The number of amides is 1. The SMILES string of the molecule is O=C(NC[C@H](c1ccco1)N1CCCC1)C1c2ccccc2Oc2ccccc21. The standard InChI is InChI=1S/C24H24N2O3/c27-24(25-16-19(22-12-7-15-28-22)26-13-5-6-14-26)23-17-8-1-3-10-20(17)29-21-11-4-2-9-18(21)23/h1-4,7-12,15,19,23H,5-6,13-14,16H2,(H,25,27)/t19-/m1/s1. The van der Waals surface area contributed by atoms with Gasteiger partial charge in [-0.1, -0.05) is 36.4 Å². The van der Waals surface area contributed by atoms with Gasteiger partial charge in [-0.3, -0.25) is 9.69 Å². The van der Waals surface area contributed by atoms with E-state index in [0.29, 0.717) is 6.54 Å². The number of carbonyl (C=O) groups excluding carboxylic acids is 1. The zero-order chi connectivity index (χ0) is 19.6. The Morgan fingerprint density at radius 3 is 2.24 bits per heavy atom. The van der Waals surface area contributed by atoms with Gasteiger partial charge in [0.25, 0.3) is 0 Å². The molecule has 0 spiro atoms. The maximum atomic E-state index is 13.4. The molecule has 5 rings (SSSR count). The van der Waals surface area contributed by atoms with Gasteiger partial charge in [0.15, 0.2) is 0 Å². The van der Waals surface area contributed by atoms with E-state index < -0.39 is 0 Å². The van der Waals surface area contributed by atoms with Crippen molar-refractivity contribution in [3.63, 3.8) is 0 Å². The van der Waals surface area contributed by atoms with Crippen molar-refractivity contribution in [3.05, 3.63) is 83.8 Å². The van der Waals surface area contributed by atoms with Crippen LogP contribution in [0.25, 0.3) is 0 Å². The van der Waals surface area contributed by atoms with Gasteiger partial charge in [-0.2, -0.15) is 0 Å². The van der Waals surface area contributed by atoms with Crippen molar-refractivity contribution in [2.45, 2.75) is 24.8 Å². The van der Waals surface area contributed by atoms with Crippen molar-refractivity contribution in [3.8, 4) is 11.5 Å². The highest BCUT2D eigenvalue weighted by molar-refractivity contribution is 5.89. The average Bonchev–Trinajstić information content (AvgIpc) is 3.47. The molecule has 2 aliphatic rings. The number of benzene rings is 2. The number of ether oxygens (including phenoxy) is 1. The molecule has 1 fully saturated rings. The number of likely N-dealkylation sites (tertiary alicyclic amines) is 1. The highest BCUT2D eigenvalue weighted by atomic mass is 16.5. The summed E-state index contributed by atoms with van der Waals surface area (Å²) >= 11 is 0. The molecule has 0 bridgehead atoms. The van der Waals surface area contributed by atoms with Crippen LogP contribution in [0.2, 0.25) is 0 Å². The van der Waals surface area contributed by atoms with Crippen LogP contribution in [0, 0.1) is 0 Å². The van der Waals surface area contributed by atoms with Gasteiger partial charge >= 0.3 is 0 Å². The highest BCUT2D eigenvalue weighted by Gasteiger charge is 2.33. The summed E-state index contributed by atoms with van der Waals surface area (Å²) in [5, 5.41) is 3.20. The first-order valence-corrected chi connectivity index (χ1v) is 10.2. The molecular weight excluding hydrogens is 364 g/mol. The Hall–Kier alpha value is -3.05. The van der Waals surface area contributed by atoms with Crippen molar-refractivity contribution in [1.29, 1.82) is 0 Å². The van der Waals surface area contributed by atoms with Crippen molar-refractivity contribution in [2.24, 2.45) is 0 Å². The molecule has 0 radical (unpaired) electrons. The summed E-state index contributed by atoms with van der Waals surface area (Å²) in [6.45, 7) is 2.59. The molecule has 1 N–H and O–H groups in total. The third kappa shape index (κ3) is 3.42. The lowest BCUT2D eigenvalue weighted by Crippen LogP contribution is -2.39. The number of hydrogen-bond donors (Lipinski definition) is 1. The largest absolute Gasteiger partial charge is 0.468 e. The maximum Gasteiger partial charge on any atom is 0.232 e. The van der Waals surface area contributed by atoms with Crippen molar-refractivity contribution >= 4 is 5.91 Å². The molecule has 2 aliphatic heterocycles. The van der Waals surface area contributed by atoms with E-state index in [4.69, 9.17) is 9.15 Å². The summed E-state index contributed by atoms with van der Waals surface area (Å²) < 4.78 is 11.7. The van der Waals surface area contributed by atoms with Crippen LogP contribution in [-0.4, -0.2) is 30.4 Å². The van der Waals surface area contributed by atoms with E-state index in [1.807, 2.05) is 60.7 Å². The number of fused-ring (bicyclic) bond motifs is 2. The van der Waals surface area contributed by atoms with Crippen LogP contribution in [0.15, 0.2) is 71.3 Å². The predicted octanol–water partition coefficient (Wildman–Crippen LogP) is 4.47. The number of furan rings is 1. The first-order chi connectivity index (χ1) is 14.3. The molecule has 1 amide bonds. The summed E-state index contributed by atoms with van der Waals surface area (Å²) in [6, 6.07) is 19.5. The number of rotatable bonds is 5. The average molecular weight is 388 g/mol. The first kappa shape index (κ1) is 18.0. The fraction of sp³-hybridized carbons (Fsp3) is 0.292. The molecular formula is C24H24N2O3. The molecule has 148 valence electrons.